The Morgan fingerprint density at radius 2 is 1.83 bits per heavy atom. The van der Waals surface area contributed by atoms with Gasteiger partial charge in [-0.1, -0.05) is 18.2 Å². The molecule has 5 nitrogen and oxygen atoms in total. The van der Waals surface area contributed by atoms with Gasteiger partial charge < -0.3 is 19.1 Å². The fraction of sp³-hybridized carbons (Fsp3) is 0.167. The minimum atomic E-state index is 0.277. The number of aromatic nitrogens is 2. The highest BCUT2D eigenvalue weighted by Crippen LogP contribution is 2.32. The Kier molecular flexibility index (Phi) is 4.19. The Morgan fingerprint density at radius 1 is 1.04 bits per heavy atom. The predicted molar refractivity (Wildman–Crippen MR) is 88.0 cm³/mol. The van der Waals surface area contributed by atoms with Crippen LogP contribution >= 0.6 is 0 Å². The quantitative estimate of drug-likeness (QED) is 0.785. The second-order valence-corrected chi connectivity index (χ2v) is 5.08. The lowest BCUT2D eigenvalue weighted by atomic mass is 10.1. The van der Waals surface area contributed by atoms with Crippen molar-refractivity contribution in [2.45, 2.75) is 6.54 Å². The van der Waals surface area contributed by atoms with Gasteiger partial charge in [-0.3, -0.25) is 0 Å². The van der Waals surface area contributed by atoms with Gasteiger partial charge in [-0.05, 0) is 24.3 Å². The smallest absolute Gasteiger partial charge is 0.161 e. The molecule has 0 aliphatic carbocycles. The topological polar surface area (TPSA) is 56.5 Å². The molecule has 0 amide bonds. The Morgan fingerprint density at radius 3 is 2.57 bits per heavy atom. The molecule has 118 valence electrons. The number of nitrogens with zero attached hydrogens (tertiary/aromatic N) is 2. The zero-order chi connectivity index (χ0) is 16.2. The summed E-state index contributed by atoms with van der Waals surface area (Å²) in [4.78, 5) is 4.43. The van der Waals surface area contributed by atoms with Gasteiger partial charge in [0.15, 0.2) is 11.5 Å². The van der Waals surface area contributed by atoms with Gasteiger partial charge in [0.25, 0.3) is 0 Å². The van der Waals surface area contributed by atoms with Gasteiger partial charge in [-0.25, -0.2) is 4.98 Å². The molecule has 23 heavy (non-hydrogen) atoms. The standard InChI is InChI=1S/C18H18N2O3/c1-22-16-8-7-13(11-17(16)23-2)18-19-9-10-20(18)12-14-5-3-4-6-15(14)21/h3-11,21H,12H2,1-2H3. The van der Waals surface area contributed by atoms with Crippen molar-refractivity contribution in [2.24, 2.45) is 0 Å². The lowest BCUT2D eigenvalue weighted by Gasteiger charge is -2.12. The van der Waals surface area contributed by atoms with Crippen LogP contribution in [0.5, 0.6) is 17.2 Å². The van der Waals surface area contributed by atoms with Crippen molar-refractivity contribution in [3.05, 3.63) is 60.4 Å². The van der Waals surface area contributed by atoms with Crippen LogP contribution in [0.2, 0.25) is 0 Å². The van der Waals surface area contributed by atoms with Crippen molar-refractivity contribution in [1.82, 2.24) is 9.55 Å². The summed E-state index contributed by atoms with van der Waals surface area (Å²) in [5, 5.41) is 9.95. The highest BCUT2D eigenvalue weighted by atomic mass is 16.5. The molecule has 2 aromatic carbocycles. The van der Waals surface area contributed by atoms with E-state index < -0.39 is 0 Å². The minimum Gasteiger partial charge on any atom is -0.508 e. The molecule has 0 radical (unpaired) electrons. The number of methoxy groups -OCH3 is 2. The molecule has 5 heteroatoms. The largest absolute Gasteiger partial charge is 0.508 e. The van der Waals surface area contributed by atoms with E-state index >= 15 is 0 Å². The molecule has 0 spiro atoms. The summed E-state index contributed by atoms with van der Waals surface area (Å²) >= 11 is 0. The second-order valence-electron chi connectivity index (χ2n) is 5.08. The molecule has 0 unspecified atom stereocenters. The normalized spacial score (nSPS) is 10.5. The van der Waals surface area contributed by atoms with Gasteiger partial charge in [0, 0.05) is 23.5 Å². The molecule has 1 aromatic heterocycles. The first-order valence-corrected chi connectivity index (χ1v) is 7.23. The predicted octanol–water partition coefficient (Wildman–Crippen LogP) is 3.32. The Bertz CT molecular complexity index is 812. The molecule has 3 rings (SSSR count). The maximum Gasteiger partial charge on any atom is 0.161 e. The van der Waals surface area contributed by atoms with E-state index in [-0.39, 0.29) is 5.75 Å². The highest BCUT2D eigenvalue weighted by Gasteiger charge is 2.11. The SMILES string of the molecule is COc1ccc(-c2nccn2Cc2ccccc2O)cc1OC. The average molecular weight is 310 g/mol. The molecule has 0 fully saturated rings. The Balaban J connectivity index is 1.97. The lowest BCUT2D eigenvalue weighted by molar-refractivity contribution is 0.355. The maximum atomic E-state index is 9.95. The van der Waals surface area contributed by atoms with E-state index in [0.717, 1.165) is 17.0 Å². The fourth-order valence-electron chi connectivity index (χ4n) is 2.50. The number of phenols is 1. The molecule has 0 saturated heterocycles. The van der Waals surface area contributed by atoms with Crippen molar-refractivity contribution in [3.8, 4) is 28.6 Å². The molecule has 0 atom stereocenters. The van der Waals surface area contributed by atoms with Gasteiger partial charge in [-0.15, -0.1) is 0 Å². The lowest BCUT2D eigenvalue weighted by Crippen LogP contribution is -2.01. The number of para-hydroxylation sites is 1. The second kappa shape index (κ2) is 6.44. The molecular weight excluding hydrogens is 292 g/mol. The Hall–Kier alpha value is -2.95. The van der Waals surface area contributed by atoms with Crippen molar-refractivity contribution >= 4 is 0 Å². The third-order valence-electron chi connectivity index (χ3n) is 3.69. The van der Waals surface area contributed by atoms with Crippen LogP contribution in [0.25, 0.3) is 11.4 Å². The number of benzene rings is 2. The molecule has 1 N–H and O–H groups in total. The van der Waals surface area contributed by atoms with E-state index in [1.54, 1.807) is 26.5 Å². The van der Waals surface area contributed by atoms with E-state index in [1.807, 2.05) is 47.2 Å². The van der Waals surface area contributed by atoms with Crippen molar-refractivity contribution in [3.63, 3.8) is 0 Å². The Labute approximate surface area is 134 Å². The van der Waals surface area contributed by atoms with E-state index in [4.69, 9.17) is 9.47 Å². The van der Waals surface area contributed by atoms with Crippen LogP contribution in [0.1, 0.15) is 5.56 Å². The number of hydrogen-bond acceptors (Lipinski definition) is 4. The van der Waals surface area contributed by atoms with Gasteiger partial charge in [0.05, 0.1) is 20.8 Å². The van der Waals surface area contributed by atoms with Crippen LogP contribution in [0.15, 0.2) is 54.9 Å². The summed E-state index contributed by atoms with van der Waals surface area (Å²) in [7, 11) is 3.22. The summed E-state index contributed by atoms with van der Waals surface area (Å²) in [5.41, 5.74) is 1.76. The van der Waals surface area contributed by atoms with E-state index in [1.165, 1.54) is 0 Å². The summed E-state index contributed by atoms with van der Waals surface area (Å²) in [6.07, 6.45) is 3.63. The van der Waals surface area contributed by atoms with E-state index in [2.05, 4.69) is 4.98 Å². The van der Waals surface area contributed by atoms with Gasteiger partial charge in [-0.2, -0.15) is 0 Å². The highest BCUT2D eigenvalue weighted by molar-refractivity contribution is 5.61. The van der Waals surface area contributed by atoms with E-state index in [9.17, 15) is 5.11 Å². The van der Waals surface area contributed by atoms with Crippen LogP contribution in [-0.4, -0.2) is 28.9 Å². The number of rotatable bonds is 5. The van der Waals surface area contributed by atoms with Crippen molar-refractivity contribution in [2.75, 3.05) is 14.2 Å². The molecular formula is C18H18N2O3. The zero-order valence-electron chi connectivity index (χ0n) is 13.1. The number of aromatic hydroxyl groups is 1. The molecule has 1 heterocycles. The monoisotopic (exact) mass is 310 g/mol. The van der Waals surface area contributed by atoms with Crippen LogP contribution in [0, 0.1) is 0 Å². The third kappa shape index (κ3) is 2.99. The van der Waals surface area contributed by atoms with E-state index in [0.29, 0.717) is 18.0 Å². The van der Waals surface area contributed by atoms with Crippen LogP contribution in [-0.2, 0) is 6.54 Å². The van der Waals surface area contributed by atoms with Gasteiger partial charge in [0.1, 0.15) is 11.6 Å². The third-order valence-corrected chi connectivity index (χ3v) is 3.69. The molecule has 0 saturated carbocycles. The van der Waals surface area contributed by atoms with Crippen LogP contribution in [0.3, 0.4) is 0 Å². The first kappa shape index (κ1) is 15.0. The fourth-order valence-corrected chi connectivity index (χ4v) is 2.50. The van der Waals surface area contributed by atoms with Crippen LogP contribution in [0.4, 0.5) is 0 Å². The summed E-state index contributed by atoms with van der Waals surface area (Å²) < 4.78 is 12.6. The molecule has 3 aromatic rings. The van der Waals surface area contributed by atoms with Crippen molar-refractivity contribution < 1.29 is 14.6 Å². The van der Waals surface area contributed by atoms with Gasteiger partial charge in [0.2, 0.25) is 0 Å². The van der Waals surface area contributed by atoms with Crippen LogP contribution < -0.4 is 9.47 Å². The number of phenolic OH excluding ortho intramolecular Hbond substituents is 1. The zero-order valence-corrected chi connectivity index (χ0v) is 13.1. The molecule has 0 bridgehead atoms. The van der Waals surface area contributed by atoms with Gasteiger partial charge >= 0.3 is 0 Å². The number of ether oxygens (including phenoxy) is 2. The average Bonchev–Trinajstić information content (AvgIpc) is 3.04. The number of hydrogen-bond donors (Lipinski definition) is 1. The molecule has 0 aliphatic rings. The summed E-state index contributed by atoms with van der Waals surface area (Å²) in [6.45, 7) is 0.538. The first-order chi connectivity index (χ1) is 11.2. The summed E-state index contributed by atoms with van der Waals surface area (Å²) in [5.74, 6) is 2.41. The van der Waals surface area contributed by atoms with Crippen molar-refractivity contribution in [1.29, 1.82) is 0 Å². The molecule has 0 aliphatic heterocycles. The first-order valence-electron chi connectivity index (χ1n) is 7.23. The maximum absolute atomic E-state index is 9.95. The summed E-state index contributed by atoms with van der Waals surface area (Å²) in [6, 6.07) is 13.0. The minimum absolute atomic E-state index is 0.277. The number of imidazole rings is 1.